The molecule has 4 bridgehead atoms. The van der Waals surface area contributed by atoms with Crippen molar-refractivity contribution in [3.8, 4) is 5.75 Å². The summed E-state index contributed by atoms with van der Waals surface area (Å²) >= 11 is 0. The minimum absolute atomic E-state index is 0.118. The number of hydrogen-bond donors (Lipinski definition) is 1. The molecule has 4 saturated carbocycles. The maximum absolute atomic E-state index is 6.68. The van der Waals surface area contributed by atoms with Crippen LogP contribution in [0.15, 0.2) is 24.3 Å². The van der Waals surface area contributed by atoms with E-state index in [0.717, 1.165) is 17.6 Å². The number of benzene rings is 1. The molecule has 19 heavy (non-hydrogen) atoms. The zero-order valence-corrected chi connectivity index (χ0v) is 11.7. The van der Waals surface area contributed by atoms with Crippen LogP contribution < -0.4 is 10.5 Å². The number of ether oxygens (including phenoxy) is 1. The normalized spacial score (nSPS) is 43.5. The summed E-state index contributed by atoms with van der Waals surface area (Å²) in [5.74, 6) is 2.70. The summed E-state index contributed by atoms with van der Waals surface area (Å²) in [5.41, 5.74) is 8.61. The Morgan fingerprint density at radius 3 is 2.53 bits per heavy atom. The number of nitrogens with two attached hydrogens (primary N) is 1. The minimum atomic E-state index is 0.118. The van der Waals surface area contributed by atoms with Crippen molar-refractivity contribution in [2.75, 3.05) is 7.11 Å². The molecule has 5 rings (SSSR count). The third-order valence-corrected chi connectivity index (χ3v) is 5.79. The van der Waals surface area contributed by atoms with Crippen molar-refractivity contribution >= 4 is 0 Å². The molecule has 2 unspecified atom stereocenters. The summed E-state index contributed by atoms with van der Waals surface area (Å²) in [6.07, 6.45) is 7.81. The Bertz CT molecular complexity index is 496. The third-order valence-electron chi connectivity index (χ3n) is 5.79. The van der Waals surface area contributed by atoms with Crippen LogP contribution >= 0.6 is 0 Å². The summed E-state index contributed by atoms with van der Waals surface area (Å²) in [7, 11) is 1.75. The molecule has 0 spiro atoms. The van der Waals surface area contributed by atoms with Crippen molar-refractivity contribution in [2.24, 2.45) is 17.6 Å². The van der Waals surface area contributed by atoms with Crippen molar-refractivity contribution < 1.29 is 4.74 Å². The first-order valence-corrected chi connectivity index (χ1v) is 7.54. The Hall–Kier alpha value is -1.02. The van der Waals surface area contributed by atoms with Gasteiger partial charge in [-0.25, -0.2) is 0 Å². The highest BCUT2D eigenvalue weighted by molar-refractivity contribution is 5.37. The van der Waals surface area contributed by atoms with E-state index in [1.165, 1.54) is 44.1 Å². The van der Waals surface area contributed by atoms with Gasteiger partial charge < -0.3 is 10.5 Å². The Morgan fingerprint density at radius 2 is 1.89 bits per heavy atom. The fourth-order valence-electron chi connectivity index (χ4n) is 5.62. The third kappa shape index (κ3) is 1.73. The largest absolute Gasteiger partial charge is 0.497 e. The zero-order valence-electron chi connectivity index (χ0n) is 11.7. The van der Waals surface area contributed by atoms with Crippen LogP contribution in [0.2, 0.25) is 0 Å². The average Bonchev–Trinajstić information content (AvgIpc) is 2.36. The van der Waals surface area contributed by atoms with E-state index in [2.05, 4.69) is 18.2 Å². The molecule has 0 radical (unpaired) electrons. The summed E-state index contributed by atoms with van der Waals surface area (Å²) in [6, 6.07) is 8.72. The lowest BCUT2D eigenvalue weighted by molar-refractivity contribution is -0.0228. The molecule has 2 atom stereocenters. The van der Waals surface area contributed by atoms with Gasteiger partial charge in [-0.05, 0) is 73.5 Å². The second-order valence-corrected chi connectivity index (χ2v) is 7.34. The first kappa shape index (κ1) is 11.8. The molecule has 0 aromatic heterocycles. The molecule has 2 N–H and O–H groups in total. The van der Waals surface area contributed by atoms with Gasteiger partial charge in [0.15, 0.2) is 0 Å². The highest BCUT2D eigenvalue weighted by Crippen LogP contribution is 2.61. The van der Waals surface area contributed by atoms with E-state index >= 15 is 0 Å². The van der Waals surface area contributed by atoms with Crippen LogP contribution in [-0.2, 0) is 5.41 Å². The number of rotatable bonds is 2. The number of methoxy groups -OCH3 is 1. The highest BCUT2D eigenvalue weighted by Gasteiger charge is 2.56. The van der Waals surface area contributed by atoms with E-state index in [1.54, 1.807) is 7.11 Å². The van der Waals surface area contributed by atoms with E-state index < -0.39 is 0 Å². The van der Waals surface area contributed by atoms with Gasteiger partial charge in [0.05, 0.1) is 7.11 Å². The molecule has 4 fully saturated rings. The number of hydrogen-bond acceptors (Lipinski definition) is 2. The highest BCUT2D eigenvalue weighted by atomic mass is 16.5. The Kier molecular flexibility index (Phi) is 2.33. The molecule has 1 aromatic rings. The van der Waals surface area contributed by atoms with Gasteiger partial charge >= 0.3 is 0 Å². The first-order chi connectivity index (χ1) is 9.11. The Balaban J connectivity index is 1.77. The van der Waals surface area contributed by atoms with Crippen molar-refractivity contribution in [2.45, 2.75) is 49.5 Å². The zero-order chi connectivity index (χ0) is 13.1. The lowest BCUT2D eigenvalue weighted by atomic mass is 9.45. The molecule has 4 aliphatic rings. The fraction of sp³-hybridized carbons (Fsp3) is 0.647. The van der Waals surface area contributed by atoms with Crippen LogP contribution in [-0.4, -0.2) is 12.6 Å². The maximum atomic E-state index is 6.68. The van der Waals surface area contributed by atoms with Crippen molar-refractivity contribution in [3.63, 3.8) is 0 Å². The smallest absolute Gasteiger partial charge is 0.119 e. The lowest BCUT2D eigenvalue weighted by Crippen LogP contribution is -2.61. The minimum Gasteiger partial charge on any atom is -0.497 e. The molecule has 0 saturated heterocycles. The van der Waals surface area contributed by atoms with E-state index in [1.807, 2.05) is 6.07 Å². The van der Waals surface area contributed by atoms with Gasteiger partial charge in [-0.2, -0.15) is 0 Å². The SMILES string of the molecule is COc1cccc(C23CC4CC(CC(N)(C4)C2)C3)c1. The van der Waals surface area contributed by atoms with Gasteiger partial charge in [0.25, 0.3) is 0 Å². The monoisotopic (exact) mass is 257 g/mol. The molecule has 102 valence electrons. The standard InChI is InChI=1S/C17H23NO/c1-19-15-4-2-3-14(6-15)16-7-12-5-13(8-16)10-17(18,9-12)11-16/h2-4,6,12-13H,5,7-11,18H2,1H3. The summed E-state index contributed by atoms with van der Waals surface area (Å²) in [4.78, 5) is 0. The van der Waals surface area contributed by atoms with E-state index in [4.69, 9.17) is 10.5 Å². The van der Waals surface area contributed by atoms with Crippen molar-refractivity contribution in [3.05, 3.63) is 29.8 Å². The predicted octanol–water partition coefficient (Wildman–Crippen LogP) is 3.24. The van der Waals surface area contributed by atoms with Crippen molar-refractivity contribution in [1.29, 1.82) is 0 Å². The Morgan fingerprint density at radius 1 is 1.16 bits per heavy atom. The van der Waals surface area contributed by atoms with Crippen LogP contribution in [0.1, 0.15) is 44.1 Å². The van der Waals surface area contributed by atoms with Gasteiger partial charge in [0.1, 0.15) is 5.75 Å². The van der Waals surface area contributed by atoms with Crippen LogP contribution in [0.5, 0.6) is 5.75 Å². The molecule has 0 amide bonds. The molecule has 2 heteroatoms. The van der Waals surface area contributed by atoms with E-state index in [0.29, 0.717) is 5.41 Å². The molecular weight excluding hydrogens is 234 g/mol. The van der Waals surface area contributed by atoms with Crippen LogP contribution in [0.4, 0.5) is 0 Å². The molecule has 2 nitrogen and oxygen atoms in total. The first-order valence-electron chi connectivity index (χ1n) is 7.54. The summed E-state index contributed by atoms with van der Waals surface area (Å²) in [5, 5.41) is 0. The lowest BCUT2D eigenvalue weighted by Gasteiger charge is -2.61. The van der Waals surface area contributed by atoms with E-state index in [9.17, 15) is 0 Å². The molecule has 0 heterocycles. The summed E-state index contributed by atoms with van der Waals surface area (Å²) < 4.78 is 5.41. The van der Waals surface area contributed by atoms with Crippen LogP contribution in [0.25, 0.3) is 0 Å². The van der Waals surface area contributed by atoms with Gasteiger partial charge in [-0.1, -0.05) is 12.1 Å². The maximum Gasteiger partial charge on any atom is 0.119 e. The predicted molar refractivity (Wildman–Crippen MR) is 76.3 cm³/mol. The quantitative estimate of drug-likeness (QED) is 0.882. The molecule has 4 aliphatic carbocycles. The van der Waals surface area contributed by atoms with Gasteiger partial charge in [-0.3, -0.25) is 0 Å². The van der Waals surface area contributed by atoms with Gasteiger partial charge in [0, 0.05) is 5.54 Å². The van der Waals surface area contributed by atoms with Gasteiger partial charge in [0.2, 0.25) is 0 Å². The summed E-state index contributed by atoms with van der Waals surface area (Å²) in [6.45, 7) is 0. The second-order valence-electron chi connectivity index (χ2n) is 7.34. The second kappa shape index (κ2) is 3.76. The van der Waals surface area contributed by atoms with Crippen LogP contribution in [0.3, 0.4) is 0 Å². The molecular formula is C17H23NO. The van der Waals surface area contributed by atoms with E-state index in [-0.39, 0.29) is 5.54 Å². The van der Waals surface area contributed by atoms with Gasteiger partial charge in [-0.15, -0.1) is 0 Å². The van der Waals surface area contributed by atoms with Crippen molar-refractivity contribution in [1.82, 2.24) is 0 Å². The van der Waals surface area contributed by atoms with Crippen LogP contribution in [0, 0.1) is 11.8 Å². The molecule has 0 aliphatic heterocycles. The average molecular weight is 257 g/mol. The topological polar surface area (TPSA) is 35.2 Å². The fourth-order valence-corrected chi connectivity index (χ4v) is 5.62. The molecule has 1 aromatic carbocycles. The Labute approximate surface area is 115 Å².